The number of ether oxygens (including phenoxy) is 2. The molecule has 0 aliphatic rings. The molecule has 5 heteroatoms. The summed E-state index contributed by atoms with van der Waals surface area (Å²) in [6.07, 6.45) is 0. The maximum atomic E-state index is 11.6. The molecule has 0 aliphatic heterocycles. The van der Waals surface area contributed by atoms with Crippen LogP contribution in [0.4, 0.5) is 0 Å². The van der Waals surface area contributed by atoms with E-state index in [1.54, 1.807) is 31.2 Å². The summed E-state index contributed by atoms with van der Waals surface area (Å²) in [6, 6.07) is 17.1. The zero-order valence-corrected chi connectivity index (χ0v) is 15.1. The molecule has 5 nitrogen and oxygen atoms in total. The first-order valence-corrected chi connectivity index (χ1v) is 8.56. The van der Waals surface area contributed by atoms with Gasteiger partial charge in [0.2, 0.25) is 0 Å². The molecule has 26 heavy (non-hydrogen) atoms. The van der Waals surface area contributed by atoms with Crippen molar-refractivity contribution >= 4 is 11.8 Å². The lowest BCUT2D eigenvalue weighted by Crippen LogP contribution is -2.26. The van der Waals surface area contributed by atoms with Gasteiger partial charge in [0, 0.05) is 5.92 Å². The minimum atomic E-state index is -1.10. The zero-order valence-electron chi connectivity index (χ0n) is 15.1. The van der Waals surface area contributed by atoms with Crippen molar-refractivity contribution in [2.45, 2.75) is 26.4 Å². The summed E-state index contributed by atoms with van der Waals surface area (Å²) in [5.74, 6) is -2.19. The van der Waals surface area contributed by atoms with E-state index >= 15 is 0 Å². The van der Waals surface area contributed by atoms with Crippen LogP contribution in [0.2, 0.25) is 0 Å². The maximum absolute atomic E-state index is 11.6. The average molecular weight is 356 g/mol. The lowest BCUT2D eigenvalue weighted by Gasteiger charge is -2.18. The lowest BCUT2D eigenvalue weighted by atomic mass is 9.85. The summed E-state index contributed by atoms with van der Waals surface area (Å²) in [5.41, 5.74) is 1.91. The molecule has 1 N–H and O–H groups in total. The molecule has 2 atom stereocenters. The Bertz CT molecular complexity index is 695. The molecule has 2 aromatic rings. The summed E-state index contributed by atoms with van der Waals surface area (Å²) in [6.45, 7) is 4.49. The fraction of sp³-hybridized carbons (Fsp3) is 0.333. The van der Waals surface area contributed by atoms with Crippen LogP contribution in [0.3, 0.4) is 0 Å². The van der Waals surface area contributed by atoms with E-state index in [4.69, 9.17) is 9.47 Å². The van der Waals surface area contributed by atoms with Crippen molar-refractivity contribution in [3.63, 3.8) is 0 Å². The number of Topliss-reactive ketones (excluding diaryl/α,β-unsaturated/α-hetero) is 1. The van der Waals surface area contributed by atoms with E-state index in [2.05, 4.69) is 0 Å². The van der Waals surface area contributed by atoms with Crippen LogP contribution >= 0.6 is 0 Å². The van der Waals surface area contributed by atoms with Crippen LogP contribution < -0.4 is 4.74 Å². The molecule has 138 valence electrons. The van der Waals surface area contributed by atoms with Crippen molar-refractivity contribution in [1.29, 1.82) is 0 Å². The third-order valence-electron chi connectivity index (χ3n) is 4.22. The van der Waals surface area contributed by atoms with E-state index in [0.717, 1.165) is 11.1 Å². The second kappa shape index (κ2) is 9.73. The number of carboxylic acids is 1. The van der Waals surface area contributed by atoms with Crippen LogP contribution in [-0.4, -0.2) is 30.1 Å². The Morgan fingerprint density at radius 3 is 2.23 bits per heavy atom. The Kier molecular flexibility index (Phi) is 7.36. The topological polar surface area (TPSA) is 72.8 Å². The second-order valence-electron chi connectivity index (χ2n) is 6.17. The average Bonchev–Trinajstić information content (AvgIpc) is 2.62. The molecule has 0 heterocycles. The number of carbonyl (C=O) groups is 2. The first-order chi connectivity index (χ1) is 12.5. The molecule has 2 aromatic carbocycles. The van der Waals surface area contributed by atoms with Crippen molar-refractivity contribution in [2.24, 2.45) is 5.92 Å². The highest BCUT2D eigenvalue weighted by atomic mass is 16.5. The molecule has 0 spiro atoms. The normalized spacial score (nSPS) is 13.0. The number of benzene rings is 2. The summed E-state index contributed by atoms with van der Waals surface area (Å²) in [7, 11) is 0. The van der Waals surface area contributed by atoms with Crippen molar-refractivity contribution in [2.75, 3.05) is 13.2 Å². The van der Waals surface area contributed by atoms with E-state index in [-0.39, 0.29) is 5.78 Å². The second-order valence-corrected chi connectivity index (χ2v) is 6.17. The number of hydrogen-bond acceptors (Lipinski definition) is 4. The Balaban J connectivity index is 1.80. The van der Waals surface area contributed by atoms with E-state index < -0.39 is 17.8 Å². The highest BCUT2D eigenvalue weighted by molar-refractivity contribution is 5.97. The third-order valence-corrected chi connectivity index (χ3v) is 4.22. The molecule has 0 radical (unpaired) electrons. The van der Waals surface area contributed by atoms with Gasteiger partial charge in [0.1, 0.15) is 24.1 Å². The first-order valence-electron chi connectivity index (χ1n) is 8.56. The molecule has 0 aliphatic carbocycles. The van der Waals surface area contributed by atoms with Gasteiger partial charge in [-0.1, -0.05) is 49.4 Å². The molecule has 0 aromatic heterocycles. The zero-order chi connectivity index (χ0) is 18.9. The highest BCUT2D eigenvalue weighted by Gasteiger charge is 2.30. The van der Waals surface area contributed by atoms with Crippen LogP contribution in [0.15, 0.2) is 54.6 Å². The SMILES string of the molecule is CC(=O)C(C(=O)O)C(C)c1ccc(OCCOCc2ccccc2)cc1. The molecule has 2 rings (SSSR count). The van der Waals surface area contributed by atoms with Crippen LogP contribution in [-0.2, 0) is 20.9 Å². The van der Waals surface area contributed by atoms with Crippen LogP contribution in [0.5, 0.6) is 5.75 Å². The van der Waals surface area contributed by atoms with Gasteiger partial charge in [-0.05, 0) is 30.2 Å². The highest BCUT2D eigenvalue weighted by Crippen LogP contribution is 2.27. The number of hydrogen-bond donors (Lipinski definition) is 1. The first kappa shape index (κ1) is 19.7. The lowest BCUT2D eigenvalue weighted by molar-refractivity contribution is -0.146. The number of aliphatic carboxylic acids is 1. The third kappa shape index (κ3) is 5.70. The van der Waals surface area contributed by atoms with Gasteiger partial charge in [0.05, 0.1) is 13.2 Å². The van der Waals surface area contributed by atoms with Gasteiger partial charge >= 0.3 is 5.97 Å². The van der Waals surface area contributed by atoms with Crippen molar-refractivity contribution in [3.8, 4) is 5.75 Å². The maximum Gasteiger partial charge on any atom is 0.314 e. The quantitative estimate of drug-likeness (QED) is 0.519. The molecule has 0 saturated heterocycles. The minimum absolute atomic E-state index is 0.346. The van der Waals surface area contributed by atoms with Crippen LogP contribution in [0.1, 0.15) is 30.9 Å². The van der Waals surface area contributed by atoms with Gasteiger partial charge in [0.15, 0.2) is 0 Å². The van der Waals surface area contributed by atoms with Gasteiger partial charge in [-0.15, -0.1) is 0 Å². The van der Waals surface area contributed by atoms with Gasteiger partial charge in [-0.2, -0.15) is 0 Å². The fourth-order valence-electron chi connectivity index (χ4n) is 2.78. The molecule has 0 amide bonds. The molecular weight excluding hydrogens is 332 g/mol. The molecular formula is C21H24O5. The van der Waals surface area contributed by atoms with E-state index in [1.165, 1.54) is 6.92 Å². The number of carbonyl (C=O) groups excluding carboxylic acids is 1. The Morgan fingerprint density at radius 2 is 1.65 bits per heavy atom. The summed E-state index contributed by atoms with van der Waals surface area (Å²) in [5, 5.41) is 9.22. The van der Waals surface area contributed by atoms with E-state index in [1.807, 2.05) is 30.3 Å². The fourth-order valence-corrected chi connectivity index (χ4v) is 2.78. The van der Waals surface area contributed by atoms with Gasteiger partial charge < -0.3 is 14.6 Å². The molecule has 0 bridgehead atoms. The Morgan fingerprint density at radius 1 is 1.00 bits per heavy atom. The van der Waals surface area contributed by atoms with Crippen LogP contribution in [0.25, 0.3) is 0 Å². The largest absolute Gasteiger partial charge is 0.491 e. The van der Waals surface area contributed by atoms with Gasteiger partial charge in [-0.25, -0.2) is 0 Å². The summed E-state index contributed by atoms with van der Waals surface area (Å²) in [4.78, 5) is 22.8. The van der Waals surface area contributed by atoms with Crippen molar-refractivity contribution in [3.05, 3.63) is 65.7 Å². The predicted octanol–water partition coefficient (Wildman–Crippen LogP) is 3.68. The van der Waals surface area contributed by atoms with Crippen molar-refractivity contribution in [1.82, 2.24) is 0 Å². The number of ketones is 1. The molecule has 0 saturated carbocycles. The van der Waals surface area contributed by atoms with E-state index in [0.29, 0.717) is 25.6 Å². The monoisotopic (exact) mass is 356 g/mol. The molecule has 2 unspecified atom stereocenters. The summed E-state index contributed by atoms with van der Waals surface area (Å²) >= 11 is 0. The van der Waals surface area contributed by atoms with Gasteiger partial charge in [0.25, 0.3) is 0 Å². The van der Waals surface area contributed by atoms with Gasteiger partial charge in [-0.3, -0.25) is 9.59 Å². The number of rotatable bonds is 10. The standard InChI is InChI=1S/C21H24O5/c1-15(20(16(2)22)21(23)24)18-8-10-19(11-9-18)26-13-12-25-14-17-6-4-3-5-7-17/h3-11,15,20H,12-14H2,1-2H3,(H,23,24). The summed E-state index contributed by atoms with van der Waals surface area (Å²) < 4.78 is 11.2. The van der Waals surface area contributed by atoms with E-state index in [9.17, 15) is 14.7 Å². The van der Waals surface area contributed by atoms with Crippen molar-refractivity contribution < 1.29 is 24.2 Å². The smallest absolute Gasteiger partial charge is 0.314 e. The number of carboxylic acid groups (broad SMARTS) is 1. The molecule has 0 fully saturated rings. The predicted molar refractivity (Wildman–Crippen MR) is 98.3 cm³/mol. The minimum Gasteiger partial charge on any atom is -0.491 e. The Hall–Kier alpha value is -2.66. The Labute approximate surface area is 153 Å². The van der Waals surface area contributed by atoms with Crippen LogP contribution in [0, 0.1) is 5.92 Å².